The molecule has 5 rings (SSSR count). The number of nitrogens with zero attached hydrogens (tertiary/aromatic N) is 2. The molecule has 0 unspecified atom stereocenters. The van der Waals surface area contributed by atoms with Crippen LogP contribution in [0.2, 0.25) is 0 Å². The van der Waals surface area contributed by atoms with E-state index in [1.807, 2.05) is 49.4 Å². The van der Waals surface area contributed by atoms with Crippen LogP contribution >= 0.6 is 0 Å². The lowest BCUT2D eigenvalue weighted by Gasteiger charge is -2.23. The van der Waals surface area contributed by atoms with E-state index in [4.69, 9.17) is 13.9 Å². The zero-order valence-corrected chi connectivity index (χ0v) is 19.4. The second-order valence-corrected chi connectivity index (χ2v) is 8.37. The zero-order chi connectivity index (χ0) is 24.2. The molecular weight excluding hydrogens is 442 g/mol. The highest BCUT2D eigenvalue weighted by Gasteiger charge is 2.19. The molecule has 2 aromatic carbocycles. The first kappa shape index (κ1) is 22.6. The molecule has 1 N–H and O–H groups in total. The Morgan fingerprint density at radius 2 is 1.89 bits per heavy atom. The van der Waals surface area contributed by atoms with Gasteiger partial charge in [0, 0.05) is 48.3 Å². The topological polar surface area (TPSA) is 97.4 Å². The van der Waals surface area contributed by atoms with Crippen LogP contribution in [0.1, 0.15) is 35.7 Å². The van der Waals surface area contributed by atoms with Crippen LogP contribution in [0.3, 0.4) is 0 Å². The van der Waals surface area contributed by atoms with Crippen molar-refractivity contribution in [3.63, 3.8) is 0 Å². The number of hydrogen-bond acceptors (Lipinski definition) is 6. The first-order valence-corrected chi connectivity index (χ1v) is 11.7. The number of amides is 1. The number of fused-ring (bicyclic) bond motifs is 1. The molecule has 0 atom stereocenters. The van der Waals surface area contributed by atoms with E-state index < -0.39 is 0 Å². The maximum absolute atomic E-state index is 12.0. The van der Waals surface area contributed by atoms with E-state index in [-0.39, 0.29) is 12.0 Å². The summed E-state index contributed by atoms with van der Waals surface area (Å²) in [6, 6.07) is 18.9. The Kier molecular flexibility index (Phi) is 6.47. The number of ether oxygens (including phenoxy) is 2. The van der Waals surface area contributed by atoms with E-state index in [1.165, 1.54) is 0 Å². The fourth-order valence-electron chi connectivity index (χ4n) is 4.22. The second kappa shape index (κ2) is 10.00. The Morgan fingerprint density at radius 1 is 1.11 bits per heavy atom. The summed E-state index contributed by atoms with van der Waals surface area (Å²) in [7, 11) is 0. The number of benzene rings is 2. The maximum Gasteiger partial charge on any atom is 0.251 e. The molecule has 1 aliphatic heterocycles. The van der Waals surface area contributed by atoms with E-state index in [1.54, 1.807) is 18.3 Å². The fourth-order valence-corrected chi connectivity index (χ4v) is 4.22. The minimum atomic E-state index is -0.106. The molecule has 7 nitrogen and oxygen atoms in total. The molecule has 1 amide bonds. The summed E-state index contributed by atoms with van der Waals surface area (Å²) in [4.78, 5) is 16.5. The number of carbonyl (C=O) groups excluding carboxylic acids is 1. The molecular formula is C28H25N3O4. The number of nitrogens with one attached hydrogen (secondary N) is 1. The van der Waals surface area contributed by atoms with Gasteiger partial charge in [-0.05, 0) is 42.8 Å². The van der Waals surface area contributed by atoms with Gasteiger partial charge in [-0.25, -0.2) is 0 Å². The van der Waals surface area contributed by atoms with Gasteiger partial charge in [0.2, 0.25) is 0 Å². The minimum absolute atomic E-state index is 0.0569. The van der Waals surface area contributed by atoms with Crippen LogP contribution in [-0.2, 0) is 4.74 Å². The number of rotatable bonds is 6. The molecule has 0 bridgehead atoms. The molecule has 0 radical (unpaired) electrons. The van der Waals surface area contributed by atoms with Gasteiger partial charge in [-0.15, -0.1) is 0 Å². The summed E-state index contributed by atoms with van der Waals surface area (Å²) in [6.45, 7) is 3.82. The van der Waals surface area contributed by atoms with Crippen LogP contribution in [-0.4, -0.2) is 36.8 Å². The lowest BCUT2D eigenvalue weighted by atomic mass is 10.0. The van der Waals surface area contributed by atoms with E-state index in [0.29, 0.717) is 53.5 Å². The van der Waals surface area contributed by atoms with Crippen molar-refractivity contribution in [1.82, 2.24) is 10.3 Å². The van der Waals surface area contributed by atoms with E-state index in [2.05, 4.69) is 16.4 Å². The molecule has 7 heteroatoms. The van der Waals surface area contributed by atoms with Crippen molar-refractivity contribution in [2.45, 2.75) is 25.9 Å². The van der Waals surface area contributed by atoms with Gasteiger partial charge in [-0.3, -0.25) is 9.78 Å². The predicted molar refractivity (Wildman–Crippen MR) is 132 cm³/mol. The van der Waals surface area contributed by atoms with Gasteiger partial charge in [0.15, 0.2) is 5.58 Å². The number of pyridine rings is 1. The quantitative estimate of drug-likeness (QED) is 0.411. The summed E-state index contributed by atoms with van der Waals surface area (Å²) >= 11 is 0. The standard InChI is InChI=1S/C28H25N3O4/c1-2-30-28(32)19-5-3-18(4-6-19)26-16-24-27(35-26)23(9-12-31-24)20-7-8-25(21(15-20)17-29)34-22-10-13-33-14-11-22/h3-9,12,15-16,22H,2,10-11,13-14H2,1H3,(H,30,32). The lowest BCUT2D eigenvalue weighted by Crippen LogP contribution is -2.26. The van der Waals surface area contributed by atoms with Crippen LogP contribution in [0.5, 0.6) is 5.75 Å². The Labute approximate surface area is 203 Å². The highest BCUT2D eigenvalue weighted by Crippen LogP contribution is 2.35. The zero-order valence-electron chi connectivity index (χ0n) is 19.4. The second-order valence-electron chi connectivity index (χ2n) is 8.37. The largest absolute Gasteiger partial charge is 0.489 e. The van der Waals surface area contributed by atoms with E-state index >= 15 is 0 Å². The normalized spacial score (nSPS) is 13.9. The van der Waals surface area contributed by atoms with Crippen molar-refractivity contribution in [1.29, 1.82) is 5.26 Å². The molecule has 1 saturated heterocycles. The van der Waals surface area contributed by atoms with Crippen molar-refractivity contribution >= 4 is 17.0 Å². The summed E-state index contributed by atoms with van der Waals surface area (Å²) in [5.41, 5.74) is 4.96. The molecule has 4 aromatic rings. The molecule has 0 spiro atoms. The van der Waals surface area contributed by atoms with Gasteiger partial charge in [0.05, 0.1) is 18.8 Å². The summed E-state index contributed by atoms with van der Waals surface area (Å²) in [5, 5.41) is 12.6. The third kappa shape index (κ3) is 4.75. The first-order chi connectivity index (χ1) is 17.2. The summed E-state index contributed by atoms with van der Waals surface area (Å²) < 4.78 is 17.7. The molecule has 0 aliphatic carbocycles. The lowest BCUT2D eigenvalue weighted by molar-refractivity contribution is 0.0254. The molecule has 1 aliphatic rings. The van der Waals surface area contributed by atoms with Crippen molar-refractivity contribution in [3.8, 4) is 34.3 Å². The van der Waals surface area contributed by atoms with Gasteiger partial charge in [-0.1, -0.05) is 18.2 Å². The van der Waals surface area contributed by atoms with Crippen molar-refractivity contribution in [2.24, 2.45) is 0 Å². The fraction of sp³-hybridized carbons (Fsp3) is 0.250. The number of aromatic nitrogens is 1. The molecule has 0 saturated carbocycles. The number of hydrogen-bond donors (Lipinski definition) is 1. The SMILES string of the molecule is CCNC(=O)c1ccc(-c2cc3nccc(-c4ccc(OC5CCOCC5)c(C#N)c4)c3o2)cc1. The Bertz CT molecular complexity index is 1400. The van der Waals surface area contributed by atoms with Gasteiger partial charge < -0.3 is 19.2 Å². The van der Waals surface area contributed by atoms with E-state index in [9.17, 15) is 10.1 Å². The first-order valence-electron chi connectivity index (χ1n) is 11.7. The molecule has 1 fully saturated rings. The third-order valence-corrected chi connectivity index (χ3v) is 6.05. The average Bonchev–Trinajstić information content (AvgIpc) is 3.34. The van der Waals surface area contributed by atoms with Gasteiger partial charge >= 0.3 is 0 Å². The summed E-state index contributed by atoms with van der Waals surface area (Å²) in [6.07, 6.45) is 3.42. The highest BCUT2D eigenvalue weighted by molar-refractivity contribution is 5.95. The van der Waals surface area contributed by atoms with Crippen LogP contribution < -0.4 is 10.1 Å². The Balaban J connectivity index is 1.45. The Hall–Kier alpha value is -4.15. The van der Waals surface area contributed by atoms with Crippen molar-refractivity contribution < 1.29 is 18.7 Å². The minimum Gasteiger partial charge on any atom is -0.489 e. The predicted octanol–water partition coefficient (Wildman–Crippen LogP) is 5.34. The highest BCUT2D eigenvalue weighted by atomic mass is 16.5. The summed E-state index contributed by atoms with van der Waals surface area (Å²) in [5.74, 6) is 1.13. The Morgan fingerprint density at radius 3 is 2.63 bits per heavy atom. The number of nitriles is 1. The molecule has 3 heterocycles. The average molecular weight is 468 g/mol. The van der Waals surface area contributed by atoms with Crippen molar-refractivity contribution in [2.75, 3.05) is 19.8 Å². The van der Waals surface area contributed by atoms with Gasteiger partial charge in [-0.2, -0.15) is 5.26 Å². The monoisotopic (exact) mass is 467 g/mol. The number of carbonyl (C=O) groups is 1. The molecule has 2 aromatic heterocycles. The maximum atomic E-state index is 12.0. The van der Waals surface area contributed by atoms with Crippen LogP contribution in [0, 0.1) is 11.3 Å². The van der Waals surface area contributed by atoms with Gasteiger partial charge in [0.25, 0.3) is 5.91 Å². The van der Waals surface area contributed by atoms with Gasteiger partial charge in [0.1, 0.15) is 29.2 Å². The smallest absolute Gasteiger partial charge is 0.251 e. The van der Waals surface area contributed by atoms with E-state index in [0.717, 1.165) is 29.5 Å². The molecule has 176 valence electrons. The molecule has 35 heavy (non-hydrogen) atoms. The third-order valence-electron chi connectivity index (χ3n) is 6.05. The van der Waals surface area contributed by atoms with Crippen LogP contribution in [0.25, 0.3) is 33.6 Å². The van der Waals surface area contributed by atoms with Crippen molar-refractivity contribution in [3.05, 3.63) is 71.9 Å². The van der Waals surface area contributed by atoms with Crippen LogP contribution in [0.15, 0.2) is 65.2 Å². The number of furan rings is 1. The van der Waals surface area contributed by atoms with Crippen LogP contribution in [0.4, 0.5) is 0 Å².